The largest absolute Gasteiger partial charge is 0.507 e. The number of aromatic hydroxyl groups is 1. The number of ketones is 1. The maximum absolute atomic E-state index is 12.2. The second kappa shape index (κ2) is 4.29. The number of nitrogens with two attached hydrogens (primary N) is 1. The van der Waals surface area contributed by atoms with Crippen LogP contribution >= 0.6 is 0 Å². The van der Waals surface area contributed by atoms with Crippen LogP contribution in [-0.4, -0.2) is 10.9 Å². The van der Waals surface area contributed by atoms with Crippen LogP contribution in [0.2, 0.25) is 0 Å². The fourth-order valence-electron chi connectivity index (χ4n) is 1.68. The van der Waals surface area contributed by atoms with E-state index in [1.807, 2.05) is 6.92 Å². The van der Waals surface area contributed by atoms with Crippen LogP contribution in [0.1, 0.15) is 21.5 Å². The summed E-state index contributed by atoms with van der Waals surface area (Å²) in [6.07, 6.45) is 0. The minimum absolute atomic E-state index is 0.0242. The minimum atomic E-state index is -0.260. The second-order valence-electron chi connectivity index (χ2n) is 3.94. The third kappa shape index (κ3) is 2.13. The van der Waals surface area contributed by atoms with Crippen LogP contribution in [0.4, 0.5) is 5.69 Å². The molecule has 2 aromatic carbocycles. The number of benzene rings is 2. The van der Waals surface area contributed by atoms with E-state index in [0.29, 0.717) is 11.3 Å². The molecule has 0 spiro atoms. The van der Waals surface area contributed by atoms with Gasteiger partial charge >= 0.3 is 0 Å². The van der Waals surface area contributed by atoms with E-state index >= 15 is 0 Å². The lowest BCUT2D eigenvalue weighted by atomic mass is 9.99. The van der Waals surface area contributed by atoms with E-state index in [4.69, 9.17) is 5.73 Å². The molecule has 3 heteroatoms. The predicted molar refractivity (Wildman–Crippen MR) is 67.1 cm³/mol. The van der Waals surface area contributed by atoms with Crippen molar-refractivity contribution in [2.24, 2.45) is 0 Å². The van der Waals surface area contributed by atoms with E-state index in [-0.39, 0.29) is 17.1 Å². The van der Waals surface area contributed by atoms with Crippen LogP contribution < -0.4 is 5.73 Å². The number of para-hydroxylation sites is 1. The van der Waals surface area contributed by atoms with Gasteiger partial charge in [0.2, 0.25) is 0 Å². The molecular formula is C14H13NO2. The molecule has 3 N–H and O–H groups in total. The molecule has 2 rings (SSSR count). The lowest BCUT2D eigenvalue weighted by Gasteiger charge is -2.07. The van der Waals surface area contributed by atoms with Gasteiger partial charge in [0.05, 0.1) is 5.56 Å². The number of rotatable bonds is 2. The van der Waals surface area contributed by atoms with E-state index in [2.05, 4.69) is 0 Å². The molecule has 0 aromatic heterocycles. The van der Waals surface area contributed by atoms with Crippen molar-refractivity contribution in [1.82, 2.24) is 0 Å². The van der Waals surface area contributed by atoms with Crippen LogP contribution in [0.3, 0.4) is 0 Å². The summed E-state index contributed by atoms with van der Waals surface area (Å²) in [5, 5.41) is 9.70. The Morgan fingerprint density at radius 1 is 1.12 bits per heavy atom. The molecule has 0 amide bonds. The summed E-state index contributed by atoms with van der Waals surface area (Å²) < 4.78 is 0. The van der Waals surface area contributed by atoms with E-state index in [1.54, 1.807) is 36.4 Å². The summed E-state index contributed by atoms with van der Waals surface area (Å²) in [6, 6.07) is 11.8. The Bertz CT molecular complexity index is 576. The average Bonchev–Trinajstić information content (AvgIpc) is 2.32. The van der Waals surface area contributed by atoms with Gasteiger partial charge < -0.3 is 10.8 Å². The molecule has 17 heavy (non-hydrogen) atoms. The van der Waals surface area contributed by atoms with Crippen LogP contribution in [0.5, 0.6) is 5.75 Å². The van der Waals surface area contributed by atoms with Gasteiger partial charge in [-0.15, -0.1) is 0 Å². The predicted octanol–water partition coefficient (Wildman–Crippen LogP) is 2.51. The molecule has 3 nitrogen and oxygen atoms in total. The number of hydrogen-bond acceptors (Lipinski definition) is 3. The topological polar surface area (TPSA) is 63.3 Å². The number of hydrogen-bond donors (Lipinski definition) is 2. The van der Waals surface area contributed by atoms with Crippen LogP contribution in [0.15, 0.2) is 42.5 Å². The highest BCUT2D eigenvalue weighted by Crippen LogP contribution is 2.23. The molecule has 86 valence electrons. The minimum Gasteiger partial charge on any atom is -0.507 e. The average molecular weight is 227 g/mol. The number of carbonyl (C=O) groups is 1. The van der Waals surface area contributed by atoms with Crippen molar-refractivity contribution in [3.63, 3.8) is 0 Å². The van der Waals surface area contributed by atoms with Crippen molar-refractivity contribution in [3.05, 3.63) is 59.2 Å². The highest BCUT2D eigenvalue weighted by atomic mass is 16.3. The number of carbonyl (C=O) groups excluding carboxylic acids is 1. The zero-order chi connectivity index (χ0) is 12.4. The maximum atomic E-state index is 12.2. The Labute approximate surface area is 99.5 Å². The number of aryl methyl sites for hydroxylation is 1. The van der Waals surface area contributed by atoms with Crippen molar-refractivity contribution < 1.29 is 9.90 Å². The SMILES string of the molecule is Cc1ccc(O)c(C(=O)c2ccccc2N)c1. The first kappa shape index (κ1) is 11.2. The first-order valence-electron chi connectivity index (χ1n) is 5.28. The lowest BCUT2D eigenvalue weighted by Crippen LogP contribution is -2.05. The van der Waals surface area contributed by atoms with Crippen LogP contribution in [-0.2, 0) is 0 Å². The molecule has 0 unspecified atom stereocenters. The first-order chi connectivity index (χ1) is 8.09. The Morgan fingerprint density at radius 2 is 1.82 bits per heavy atom. The molecule has 2 aromatic rings. The maximum Gasteiger partial charge on any atom is 0.198 e. The van der Waals surface area contributed by atoms with Gasteiger partial charge in [0.1, 0.15) is 5.75 Å². The van der Waals surface area contributed by atoms with Crippen LogP contribution in [0.25, 0.3) is 0 Å². The van der Waals surface area contributed by atoms with Crippen molar-refractivity contribution in [2.45, 2.75) is 6.92 Å². The van der Waals surface area contributed by atoms with E-state index in [1.165, 1.54) is 6.07 Å². The molecule has 0 heterocycles. The quantitative estimate of drug-likeness (QED) is 0.612. The zero-order valence-corrected chi connectivity index (χ0v) is 9.47. The van der Waals surface area contributed by atoms with Gasteiger partial charge in [0.15, 0.2) is 5.78 Å². The highest BCUT2D eigenvalue weighted by Gasteiger charge is 2.15. The Morgan fingerprint density at radius 3 is 2.53 bits per heavy atom. The molecule has 0 aliphatic carbocycles. The van der Waals surface area contributed by atoms with Gasteiger partial charge in [-0.05, 0) is 31.2 Å². The summed E-state index contributed by atoms with van der Waals surface area (Å²) in [6.45, 7) is 1.87. The molecular weight excluding hydrogens is 214 g/mol. The normalized spacial score (nSPS) is 10.2. The van der Waals surface area contributed by atoms with E-state index < -0.39 is 0 Å². The Kier molecular flexibility index (Phi) is 2.83. The number of phenols is 1. The van der Waals surface area contributed by atoms with E-state index in [0.717, 1.165) is 5.56 Å². The van der Waals surface area contributed by atoms with Gasteiger partial charge in [-0.3, -0.25) is 4.79 Å². The number of phenolic OH excluding ortho intramolecular Hbond substituents is 1. The third-order valence-electron chi connectivity index (χ3n) is 2.60. The third-order valence-corrected chi connectivity index (χ3v) is 2.60. The lowest BCUT2D eigenvalue weighted by molar-refractivity contribution is 0.103. The molecule has 0 radical (unpaired) electrons. The van der Waals surface area contributed by atoms with Crippen molar-refractivity contribution in [2.75, 3.05) is 5.73 Å². The van der Waals surface area contributed by atoms with E-state index in [9.17, 15) is 9.90 Å². The summed E-state index contributed by atoms with van der Waals surface area (Å²) in [5.41, 5.74) is 7.77. The molecule has 0 saturated carbocycles. The molecule has 0 atom stereocenters. The monoisotopic (exact) mass is 227 g/mol. The van der Waals surface area contributed by atoms with Crippen LogP contribution in [0, 0.1) is 6.92 Å². The standard InChI is InChI=1S/C14H13NO2/c1-9-6-7-13(16)11(8-9)14(17)10-4-2-3-5-12(10)15/h2-8,16H,15H2,1H3. The van der Waals surface area contributed by atoms with Gasteiger partial charge in [0.25, 0.3) is 0 Å². The molecule has 0 aliphatic rings. The highest BCUT2D eigenvalue weighted by molar-refractivity contribution is 6.13. The summed E-state index contributed by atoms with van der Waals surface area (Å²) in [5.74, 6) is -0.284. The fourth-order valence-corrected chi connectivity index (χ4v) is 1.68. The van der Waals surface area contributed by atoms with Crippen molar-refractivity contribution >= 4 is 11.5 Å². The summed E-state index contributed by atoms with van der Waals surface area (Å²) in [7, 11) is 0. The molecule has 0 fully saturated rings. The fraction of sp³-hybridized carbons (Fsp3) is 0.0714. The van der Waals surface area contributed by atoms with Crippen molar-refractivity contribution in [1.29, 1.82) is 0 Å². The molecule has 0 aliphatic heterocycles. The summed E-state index contributed by atoms with van der Waals surface area (Å²) >= 11 is 0. The van der Waals surface area contributed by atoms with Crippen molar-refractivity contribution in [3.8, 4) is 5.75 Å². The number of anilines is 1. The smallest absolute Gasteiger partial charge is 0.198 e. The first-order valence-corrected chi connectivity index (χ1v) is 5.28. The Hall–Kier alpha value is -2.29. The second-order valence-corrected chi connectivity index (χ2v) is 3.94. The summed E-state index contributed by atoms with van der Waals surface area (Å²) in [4.78, 5) is 12.2. The van der Waals surface area contributed by atoms with Gasteiger partial charge in [-0.25, -0.2) is 0 Å². The zero-order valence-electron chi connectivity index (χ0n) is 9.47. The van der Waals surface area contributed by atoms with Gasteiger partial charge in [-0.1, -0.05) is 23.8 Å². The number of nitrogen functional groups attached to an aromatic ring is 1. The molecule has 0 bridgehead atoms. The molecule has 0 saturated heterocycles. The van der Waals surface area contributed by atoms with Gasteiger partial charge in [0, 0.05) is 11.3 Å². The Balaban J connectivity index is 2.51. The van der Waals surface area contributed by atoms with Gasteiger partial charge in [-0.2, -0.15) is 0 Å².